The molecule has 1 aromatic carbocycles. The topological polar surface area (TPSA) is 52.6 Å². The van der Waals surface area contributed by atoms with E-state index in [2.05, 4.69) is 0 Å². The summed E-state index contributed by atoms with van der Waals surface area (Å²) in [6.45, 7) is 1.33. The van der Waals surface area contributed by atoms with Crippen LogP contribution in [-0.4, -0.2) is 18.9 Å². The lowest BCUT2D eigenvalue weighted by molar-refractivity contribution is -0.132. The first-order valence-corrected chi connectivity index (χ1v) is 6.04. The van der Waals surface area contributed by atoms with Crippen LogP contribution >= 0.6 is 0 Å². The van der Waals surface area contributed by atoms with Gasteiger partial charge in [-0.05, 0) is 37.0 Å². The minimum atomic E-state index is -0.422. The van der Waals surface area contributed by atoms with Crippen molar-refractivity contribution in [3.63, 3.8) is 0 Å². The molecule has 96 valence electrons. The van der Waals surface area contributed by atoms with E-state index in [0.717, 1.165) is 24.8 Å². The Hall–Kier alpha value is -1.84. The third kappa shape index (κ3) is 2.53. The van der Waals surface area contributed by atoms with Crippen LogP contribution in [0.25, 0.3) is 0 Å². The van der Waals surface area contributed by atoms with Crippen molar-refractivity contribution in [2.45, 2.75) is 32.6 Å². The van der Waals surface area contributed by atoms with E-state index >= 15 is 0 Å². The van der Waals surface area contributed by atoms with Gasteiger partial charge in [0.05, 0.1) is 7.11 Å². The van der Waals surface area contributed by atoms with Crippen molar-refractivity contribution >= 4 is 11.8 Å². The molecule has 0 atom stereocenters. The molecule has 4 nitrogen and oxygen atoms in total. The van der Waals surface area contributed by atoms with Crippen LogP contribution < -0.4 is 9.47 Å². The first-order valence-electron chi connectivity index (χ1n) is 6.04. The van der Waals surface area contributed by atoms with Gasteiger partial charge in [0.25, 0.3) is 0 Å². The number of ketones is 1. The van der Waals surface area contributed by atoms with E-state index in [9.17, 15) is 9.59 Å². The molecule has 0 bridgehead atoms. The maximum atomic E-state index is 12.0. The first kappa shape index (κ1) is 12.6. The summed E-state index contributed by atoms with van der Waals surface area (Å²) in [5, 5.41) is 0. The second-order valence-corrected chi connectivity index (χ2v) is 4.38. The number of esters is 1. The molecule has 4 heteroatoms. The summed E-state index contributed by atoms with van der Waals surface area (Å²) >= 11 is 0. The van der Waals surface area contributed by atoms with Crippen LogP contribution in [0.15, 0.2) is 12.1 Å². The summed E-state index contributed by atoms with van der Waals surface area (Å²) in [6.07, 6.45) is 3.31. The van der Waals surface area contributed by atoms with Crippen molar-refractivity contribution in [3.8, 4) is 11.5 Å². The number of hydrogen-bond acceptors (Lipinski definition) is 4. The molecule has 1 aromatic rings. The van der Waals surface area contributed by atoms with Crippen LogP contribution in [0.5, 0.6) is 11.5 Å². The molecule has 0 aliphatic heterocycles. The largest absolute Gasteiger partial charge is 0.493 e. The van der Waals surface area contributed by atoms with Crippen LogP contribution in [0.1, 0.15) is 42.1 Å². The summed E-state index contributed by atoms with van der Waals surface area (Å²) < 4.78 is 10.3. The number of methoxy groups -OCH3 is 1. The minimum Gasteiger partial charge on any atom is -0.493 e. The molecule has 0 aromatic heterocycles. The van der Waals surface area contributed by atoms with Crippen LogP contribution in [0.3, 0.4) is 0 Å². The highest BCUT2D eigenvalue weighted by molar-refractivity contribution is 5.98. The number of Topliss-reactive ketones (excluding diaryl/α,β-unsaturated/α-hetero) is 1. The molecule has 1 aliphatic rings. The molecule has 0 fully saturated rings. The maximum Gasteiger partial charge on any atom is 0.308 e. The van der Waals surface area contributed by atoms with Gasteiger partial charge in [-0.1, -0.05) is 0 Å². The average Bonchev–Trinajstić information content (AvgIpc) is 2.50. The standard InChI is InChI=1S/C14H16O4/c1-9(15)18-14-8-11-10(7-13(14)17-2)5-3-4-6-12(11)16/h7-8H,3-6H2,1-2H3. The Morgan fingerprint density at radius 2 is 1.89 bits per heavy atom. The SMILES string of the molecule is COc1cc2c(cc1OC(C)=O)C(=O)CCCC2. The van der Waals surface area contributed by atoms with Gasteiger partial charge in [-0.15, -0.1) is 0 Å². The van der Waals surface area contributed by atoms with Crippen LogP contribution in [0.2, 0.25) is 0 Å². The van der Waals surface area contributed by atoms with Gasteiger partial charge in [-0.2, -0.15) is 0 Å². The van der Waals surface area contributed by atoms with Crippen LogP contribution in [-0.2, 0) is 11.2 Å². The Kier molecular flexibility index (Phi) is 3.65. The highest BCUT2D eigenvalue weighted by atomic mass is 16.6. The van der Waals surface area contributed by atoms with Crippen molar-refractivity contribution < 1.29 is 19.1 Å². The molecule has 0 radical (unpaired) electrons. The van der Waals surface area contributed by atoms with E-state index in [-0.39, 0.29) is 5.78 Å². The number of aryl methyl sites for hydroxylation is 1. The third-order valence-electron chi connectivity index (χ3n) is 3.04. The van der Waals surface area contributed by atoms with E-state index < -0.39 is 5.97 Å². The summed E-state index contributed by atoms with van der Waals surface area (Å²) in [7, 11) is 1.52. The van der Waals surface area contributed by atoms with Gasteiger partial charge in [0.1, 0.15) is 0 Å². The lowest BCUT2D eigenvalue weighted by atomic mass is 10.0. The van der Waals surface area contributed by atoms with Gasteiger partial charge in [-0.25, -0.2) is 0 Å². The number of hydrogen-bond donors (Lipinski definition) is 0. The third-order valence-corrected chi connectivity index (χ3v) is 3.04. The first-order chi connectivity index (χ1) is 8.61. The number of fused-ring (bicyclic) bond motifs is 1. The zero-order chi connectivity index (χ0) is 13.1. The Labute approximate surface area is 106 Å². The lowest BCUT2D eigenvalue weighted by Gasteiger charge is -2.12. The summed E-state index contributed by atoms with van der Waals surface area (Å²) in [4.78, 5) is 23.0. The van der Waals surface area contributed by atoms with E-state index in [0.29, 0.717) is 23.5 Å². The van der Waals surface area contributed by atoms with Gasteiger partial charge in [0, 0.05) is 18.9 Å². The minimum absolute atomic E-state index is 0.110. The number of carbonyl (C=O) groups excluding carboxylic acids is 2. The normalized spacial score (nSPS) is 14.7. The number of rotatable bonds is 2. The van der Waals surface area contributed by atoms with Crippen molar-refractivity contribution in [1.29, 1.82) is 0 Å². The quantitative estimate of drug-likeness (QED) is 0.458. The molecule has 0 saturated carbocycles. The Morgan fingerprint density at radius 3 is 2.56 bits per heavy atom. The van der Waals surface area contributed by atoms with Crippen molar-refractivity contribution in [3.05, 3.63) is 23.3 Å². The molecule has 0 spiro atoms. The Morgan fingerprint density at radius 1 is 1.17 bits per heavy atom. The number of carbonyl (C=O) groups is 2. The predicted octanol–water partition coefficient (Wildman–Crippen LogP) is 2.53. The molecular formula is C14H16O4. The maximum absolute atomic E-state index is 12.0. The fourth-order valence-corrected chi connectivity index (χ4v) is 2.20. The molecule has 0 heterocycles. The summed E-state index contributed by atoms with van der Waals surface area (Å²) in [5.41, 5.74) is 1.63. The second-order valence-electron chi connectivity index (χ2n) is 4.38. The van der Waals surface area contributed by atoms with E-state index in [4.69, 9.17) is 9.47 Å². The molecule has 18 heavy (non-hydrogen) atoms. The fourth-order valence-electron chi connectivity index (χ4n) is 2.20. The van der Waals surface area contributed by atoms with E-state index in [1.54, 1.807) is 12.1 Å². The average molecular weight is 248 g/mol. The predicted molar refractivity (Wildman–Crippen MR) is 66.2 cm³/mol. The smallest absolute Gasteiger partial charge is 0.308 e. The van der Waals surface area contributed by atoms with Crippen LogP contribution in [0.4, 0.5) is 0 Å². The van der Waals surface area contributed by atoms with E-state index in [1.807, 2.05) is 0 Å². The summed E-state index contributed by atoms with van der Waals surface area (Å²) in [5.74, 6) is 0.505. The van der Waals surface area contributed by atoms with Gasteiger partial charge < -0.3 is 9.47 Å². The molecule has 0 amide bonds. The molecule has 0 saturated heterocycles. The monoisotopic (exact) mass is 248 g/mol. The van der Waals surface area contributed by atoms with Crippen LogP contribution in [0, 0.1) is 0 Å². The van der Waals surface area contributed by atoms with Crippen molar-refractivity contribution in [2.75, 3.05) is 7.11 Å². The molecule has 1 aliphatic carbocycles. The number of benzene rings is 1. The zero-order valence-corrected chi connectivity index (χ0v) is 10.6. The molecular weight excluding hydrogens is 232 g/mol. The summed E-state index contributed by atoms with van der Waals surface area (Å²) in [6, 6.07) is 3.43. The zero-order valence-electron chi connectivity index (χ0n) is 10.6. The lowest BCUT2D eigenvalue weighted by Crippen LogP contribution is -2.07. The number of ether oxygens (including phenoxy) is 2. The fraction of sp³-hybridized carbons (Fsp3) is 0.429. The van der Waals surface area contributed by atoms with E-state index in [1.165, 1.54) is 14.0 Å². The molecule has 0 N–H and O–H groups in total. The highest BCUT2D eigenvalue weighted by Crippen LogP contribution is 2.33. The van der Waals surface area contributed by atoms with Gasteiger partial charge in [0.2, 0.25) is 0 Å². The Bertz CT molecular complexity index is 491. The Balaban J connectivity index is 2.48. The van der Waals surface area contributed by atoms with Gasteiger partial charge >= 0.3 is 5.97 Å². The molecule has 2 rings (SSSR count). The molecule has 0 unspecified atom stereocenters. The van der Waals surface area contributed by atoms with Crippen molar-refractivity contribution in [1.82, 2.24) is 0 Å². The van der Waals surface area contributed by atoms with Crippen molar-refractivity contribution in [2.24, 2.45) is 0 Å². The van der Waals surface area contributed by atoms with Gasteiger partial charge in [0.15, 0.2) is 17.3 Å². The highest BCUT2D eigenvalue weighted by Gasteiger charge is 2.20. The second kappa shape index (κ2) is 5.21. The van der Waals surface area contributed by atoms with Gasteiger partial charge in [-0.3, -0.25) is 9.59 Å².